The number of aliphatic imine (C=N–C) groups is 1. The van der Waals surface area contributed by atoms with Crippen LogP contribution in [0.5, 0.6) is 0 Å². The number of rotatable bonds is 2. The van der Waals surface area contributed by atoms with E-state index < -0.39 is 5.91 Å². The van der Waals surface area contributed by atoms with Crippen molar-refractivity contribution < 1.29 is 4.79 Å². The maximum atomic E-state index is 10.1. The van der Waals surface area contributed by atoms with Gasteiger partial charge in [-0.2, -0.15) is 4.99 Å². The van der Waals surface area contributed by atoms with Crippen molar-refractivity contribution in [2.24, 2.45) is 10.7 Å². The Balaban J connectivity index is 3.60. The molecule has 0 radical (unpaired) electrons. The van der Waals surface area contributed by atoms with Crippen LogP contribution in [0.2, 0.25) is 0 Å². The van der Waals surface area contributed by atoms with Gasteiger partial charge in [0, 0.05) is 0 Å². The van der Waals surface area contributed by atoms with Crippen LogP contribution in [-0.2, 0) is 4.79 Å². The van der Waals surface area contributed by atoms with Gasteiger partial charge in [0.05, 0.1) is 11.8 Å². The molecule has 3 N–H and O–H groups in total. The number of hydrogen-bond acceptors (Lipinski definition) is 4. The topological polar surface area (TPSA) is 79.3 Å². The van der Waals surface area contributed by atoms with Crippen LogP contribution in [0.4, 0.5) is 0 Å². The Hall–Kier alpha value is -0.710. The second-order valence-corrected chi connectivity index (χ2v) is 2.85. The molecule has 0 heterocycles. The smallest absolute Gasteiger partial charge is 0.227 e. The van der Waals surface area contributed by atoms with Gasteiger partial charge in [-0.05, 0) is 12.2 Å². The van der Waals surface area contributed by atoms with E-state index in [2.05, 4.69) is 17.2 Å². The van der Waals surface area contributed by atoms with Gasteiger partial charge in [-0.3, -0.25) is 4.79 Å². The summed E-state index contributed by atoms with van der Waals surface area (Å²) in [4.78, 5) is 13.4. The highest BCUT2D eigenvalue weighted by Crippen LogP contribution is 2.02. The van der Waals surface area contributed by atoms with Crippen molar-refractivity contribution in [3.05, 3.63) is 0 Å². The van der Waals surface area contributed by atoms with Crippen LogP contribution < -0.4 is 5.73 Å². The molecule has 1 amide bonds. The third-order valence-electron chi connectivity index (χ3n) is 0.485. The van der Waals surface area contributed by atoms with Crippen LogP contribution >= 0.6 is 24.0 Å². The maximum Gasteiger partial charge on any atom is 0.227 e. The van der Waals surface area contributed by atoms with E-state index in [0.29, 0.717) is 0 Å². The zero-order chi connectivity index (χ0) is 7.98. The highest BCUT2D eigenvalue weighted by atomic mass is 32.2. The molecule has 6 heteroatoms. The monoisotopic (exact) mass is 175 g/mol. The summed E-state index contributed by atoms with van der Waals surface area (Å²) in [5.74, 6) is -0.350. The minimum atomic E-state index is -0.451. The lowest BCUT2D eigenvalue weighted by atomic mass is 10.8. The molecule has 0 aliphatic rings. The van der Waals surface area contributed by atoms with Crippen LogP contribution in [0.1, 0.15) is 0 Å². The van der Waals surface area contributed by atoms with Gasteiger partial charge < -0.3 is 5.73 Å². The summed E-state index contributed by atoms with van der Waals surface area (Å²) in [6.45, 7) is 0. The summed E-state index contributed by atoms with van der Waals surface area (Å²) < 4.78 is 0.203. The third-order valence-corrected chi connectivity index (χ3v) is 1.70. The standard InChI is InChI=1S/C4H5N3OS2/c5-2-7-4(9)10-1-3(6)8/h5H,1H2,(H2,6,8). The molecule has 0 fully saturated rings. The summed E-state index contributed by atoms with van der Waals surface area (Å²) in [5, 5.41) is 6.39. The molecule has 0 spiro atoms. The molecule has 0 rings (SSSR count). The average Bonchev–Trinajstić information content (AvgIpc) is 1.85. The molecule has 0 atom stereocenters. The number of thiocarbonyl (C=S) groups is 1. The van der Waals surface area contributed by atoms with Gasteiger partial charge in [-0.25, -0.2) is 5.41 Å². The molecule has 0 aliphatic carbocycles. The fourth-order valence-electron chi connectivity index (χ4n) is 0.211. The van der Waals surface area contributed by atoms with Crippen molar-refractivity contribution in [1.82, 2.24) is 0 Å². The van der Waals surface area contributed by atoms with Gasteiger partial charge in [0.1, 0.15) is 0 Å². The lowest BCUT2D eigenvalue weighted by Gasteiger charge is -1.89. The van der Waals surface area contributed by atoms with E-state index in [1.807, 2.05) is 0 Å². The number of carbonyl (C=O) groups is 1. The lowest BCUT2D eigenvalue weighted by molar-refractivity contribution is -0.115. The maximum absolute atomic E-state index is 10.1. The van der Waals surface area contributed by atoms with Gasteiger partial charge in [-0.15, -0.1) is 0 Å². The highest BCUT2D eigenvalue weighted by molar-refractivity contribution is 8.23. The molecule has 0 bridgehead atoms. The van der Waals surface area contributed by atoms with Gasteiger partial charge in [0.25, 0.3) is 0 Å². The highest BCUT2D eigenvalue weighted by Gasteiger charge is 1.97. The van der Waals surface area contributed by atoms with Crippen molar-refractivity contribution >= 4 is 40.2 Å². The SMILES string of the molecule is N=C=NC(=S)SCC(N)=O. The second-order valence-electron chi connectivity index (χ2n) is 1.24. The van der Waals surface area contributed by atoms with E-state index in [0.717, 1.165) is 11.8 Å². The molecule has 0 aromatic rings. The van der Waals surface area contributed by atoms with Crippen molar-refractivity contribution in [3.8, 4) is 0 Å². The summed E-state index contributed by atoms with van der Waals surface area (Å²) in [5.41, 5.74) is 4.81. The Kier molecular flexibility index (Phi) is 4.74. The fourth-order valence-corrected chi connectivity index (χ4v) is 0.809. The first-order valence-electron chi connectivity index (χ1n) is 2.24. The molecule has 0 aliphatic heterocycles. The minimum absolute atomic E-state index is 0.101. The molecule has 4 nitrogen and oxygen atoms in total. The third kappa shape index (κ3) is 5.43. The van der Waals surface area contributed by atoms with E-state index in [1.54, 1.807) is 6.01 Å². The first kappa shape index (κ1) is 9.29. The van der Waals surface area contributed by atoms with Crippen molar-refractivity contribution in [2.45, 2.75) is 0 Å². The Morgan fingerprint density at radius 1 is 1.90 bits per heavy atom. The lowest BCUT2D eigenvalue weighted by Crippen LogP contribution is -2.13. The van der Waals surface area contributed by atoms with E-state index in [-0.39, 0.29) is 10.1 Å². The quantitative estimate of drug-likeness (QED) is 0.466. The molecule has 0 unspecified atom stereocenters. The number of carbonyl (C=O) groups excluding carboxylic acids is 1. The minimum Gasteiger partial charge on any atom is -0.369 e. The number of thioether (sulfide) groups is 1. The molecule has 10 heavy (non-hydrogen) atoms. The van der Waals surface area contributed by atoms with Gasteiger partial charge in [0.2, 0.25) is 5.91 Å². The molecule has 54 valence electrons. The zero-order valence-corrected chi connectivity index (χ0v) is 6.59. The van der Waals surface area contributed by atoms with Crippen LogP contribution in [0.15, 0.2) is 4.99 Å². The summed E-state index contributed by atoms with van der Waals surface area (Å²) in [7, 11) is 0. The van der Waals surface area contributed by atoms with E-state index >= 15 is 0 Å². The molecule has 0 saturated heterocycles. The second kappa shape index (κ2) is 5.10. The first-order valence-corrected chi connectivity index (χ1v) is 3.63. The Bertz CT molecular complexity index is 197. The predicted octanol–water partition coefficient (Wildman–Crippen LogP) is 0.242. The van der Waals surface area contributed by atoms with Crippen molar-refractivity contribution in [2.75, 3.05) is 5.75 Å². The molecule has 0 saturated carbocycles. The van der Waals surface area contributed by atoms with Crippen LogP contribution in [-0.4, -0.2) is 22.0 Å². The molecule has 0 aromatic heterocycles. The van der Waals surface area contributed by atoms with E-state index in [4.69, 9.17) is 11.1 Å². The van der Waals surface area contributed by atoms with Crippen LogP contribution in [0.3, 0.4) is 0 Å². The summed E-state index contributed by atoms with van der Waals surface area (Å²) in [6, 6.07) is 1.75. The summed E-state index contributed by atoms with van der Waals surface area (Å²) >= 11 is 5.59. The molecular weight excluding hydrogens is 170 g/mol. The average molecular weight is 175 g/mol. The van der Waals surface area contributed by atoms with Gasteiger partial charge >= 0.3 is 0 Å². The van der Waals surface area contributed by atoms with E-state index in [9.17, 15) is 4.79 Å². The molecular formula is C4H5N3OS2. The van der Waals surface area contributed by atoms with Gasteiger partial charge in [-0.1, -0.05) is 11.8 Å². The van der Waals surface area contributed by atoms with Crippen LogP contribution in [0, 0.1) is 5.41 Å². The fraction of sp³-hybridized carbons (Fsp3) is 0.250. The Morgan fingerprint density at radius 2 is 2.50 bits per heavy atom. The number of nitrogens with one attached hydrogen (secondary N) is 1. The van der Waals surface area contributed by atoms with Crippen LogP contribution in [0.25, 0.3) is 0 Å². The van der Waals surface area contributed by atoms with E-state index in [1.165, 1.54) is 0 Å². The van der Waals surface area contributed by atoms with Crippen molar-refractivity contribution in [3.63, 3.8) is 0 Å². The molecule has 0 aromatic carbocycles. The number of amides is 1. The first-order chi connectivity index (χ1) is 4.66. The van der Waals surface area contributed by atoms with Crippen molar-refractivity contribution in [1.29, 1.82) is 5.41 Å². The summed E-state index contributed by atoms with van der Waals surface area (Å²) in [6.07, 6.45) is 0. The van der Waals surface area contributed by atoms with Gasteiger partial charge in [0.15, 0.2) is 4.32 Å². The number of nitrogens with two attached hydrogens (primary N) is 1. The number of primary amides is 1. The Morgan fingerprint density at radius 3 is 2.90 bits per heavy atom. The Labute approximate surface area is 67.4 Å². The normalized spacial score (nSPS) is 8.00. The zero-order valence-electron chi connectivity index (χ0n) is 4.96. The number of nitrogens with zero attached hydrogens (tertiary/aromatic N) is 1. The number of hydrogen-bond donors (Lipinski definition) is 2. The largest absolute Gasteiger partial charge is 0.369 e. The predicted molar refractivity (Wildman–Crippen MR) is 44.4 cm³/mol.